The highest BCUT2D eigenvalue weighted by atomic mass is 32.2. The second-order valence-electron chi connectivity index (χ2n) is 8.65. The maximum Gasteiger partial charge on any atom is 0.294 e. The smallest absolute Gasteiger partial charge is 0.294 e. The molecule has 4 bridgehead atoms. The van der Waals surface area contributed by atoms with Gasteiger partial charge in [-0.15, -0.1) is 0 Å². The first kappa shape index (κ1) is 21.0. The fourth-order valence-electron chi connectivity index (χ4n) is 5.25. The topological polar surface area (TPSA) is 94.9 Å². The third-order valence-corrected chi connectivity index (χ3v) is 7.46. The summed E-state index contributed by atoms with van der Waals surface area (Å²) in [5.41, 5.74) is 1.71. The van der Waals surface area contributed by atoms with Crippen molar-refractivity contribution in [2.24, 2.45) is 11.8 Å². The van der Waals surface area contributed by atoms with Gasteiger partial charge in [0.05, 0.1) is 17.0 Å². The van der Waals surface area contributed by atoms with Gasteiger partial charge in [-0.1, -0.05) is 35.9 Å². The summed E-state index contributed by atoms with van der Waals surface area (Å²) in [6.45, 7) is 1.84. The molecule has 30 heavy (non-hydrogen) atoms. The average molecular weight is 430 g/mol. The molecule has 0 spiro atoms. The monoisotopic (exact) mass is 429 g/mol. The van der Waals surface area contributed by atoms with Crippen LogP contribution in [0.15, 0.2) is 59.5 Å². The molecule has 2 aromatic carbocycles. The van der Waals surface area contributed by atoms with E-state index < -0.39 is 10.1 Å². The first-order valence-electron chi connectivity index (χ1n) is 10.3. The molecular formula is C23H27NO5S. The van der Waals surface area contributed by atoms with Crippen molar-refractivity contribution < 1.29 is 22.9 Å². The zero-order valence-electron chi connectivity index (χ0n) is 16.9. The Morgan fingerprint density at radius 2 is 1.63 bits per heavy atom. The molecule has 2 saturated heterocycles. The molecule has 2 aliphatic carbocycles. The van der Waals surface area contributed by atoms with Crippen LogP contribution in [0.4, 0.5) is 0 Å². The normalized spacial score (nSPS) is 29.3. The standard InChI is InChI=1S/C16H19NO2.C7H8O3S/c18-15-12-6-10-7-13(9-12)17(14(15)8-10)16(19)11-4-2-1-3-5-11;1-6-2-4-7(5-3-6)11(8,9)10/h1-5,10,12-15,18H,6-9H2;2-5H,1H3,(H,8,9,10). The summed E-state index contributed by atoms with van der Waals surface area (Å²) >= 11 is 0. The minimum absolute atomic E-state index is 0.0592. The predicted octanol–water partition coefficient (Wildman–Crippen LogP) is 3.30. The summed E-state index contributed by atoms with van der Waals surface area (Å²) in [5.74, 6) is 1.27. The van der Waals surface area contributed by atoms with Gasteiger partial charge in [0.15, 0.2) is 0 Å². The van der Waals surface area contributed by atoms with Gasteiger partial charge < -0.3 is 10.0 Å². The number of rotatable bonds is 2. The Hall–Kier alpha value is -2.22. The zero-order valence-corrected chi connectivity index (χ0v) is 17.7. The summed E-state index contributed by atoms with van der Waals surface area (Å²) in [5, 5.41) is 10.4. The van der Waals surface area contributed by atoms with Crippen LogP contribution in [0.25, 0.3) is 0 Å². The molecule has 0 aromatic heterocycles. The molecule has 5 unspecified atom stereocenters. The minimum atomic E-state index is -4.02. The number of nitrogens with zero attached hydrogens (tertiary/aromatic N) is 1. The van der Waals surface area contributed by atoms with E-state index in [-0.39, 0.29) is 22.9 Å². The van der Waals surface area contributed by atoms with Crippen molar-refractivity contribution in [3.05, 3.63) is 65.7 Å². The van der Waals surface area contributed by atoms with Gasteiger partial charge in [0.2, 0.25) is 0 Å². The first-order valence-corrected chi connectivity index (χ1v) is 11.8. The Labute approximate surface area is 177 Å². The fraction of sp³-hybridized carbons (Fsp3) is 0.435. The molecular weight excluding hydrogens is 402 g/mol. The Morgan fingerprint density at radius 1 is 0.967 bits per heavy atom. The third kappa shape index (κ3) is 4.15. The summed E-state index contributed by atoms with van der Waals surface area (Å²) in [6.07, 6.45) is 3.99. The van der Waals surface area contributed by atoms with Crippen LogP contribution in [0.3, 0.4) is 0 Å². The Morgan fingerprint density at radius 3 is 2.27 bits per heavy atom. The summed E-state index contributed by atoms with van der Waals surface area (Å²) in [4.78, 5) is 14.6. The maximum absolute atomic E-state index is 12.7. The van der Waals surface area contributed by atoms with E-state index >= 15 is 0 Å². The molecule has 0 radical (unpaired) electrons. The quantitative estimate of drug-likeness (QED) is 0.715. The third-order valence-electron chi connectivity index (χ3n) is 6.59. The lowest BCUT2D eigenvalue weighted by Crippen LogP contribution is -2.66. The van der Waals surface area contributed by atoms with Gasteiger partial charge in [-0.25, -0.2) is 0 Å². The maximum atomic E-state index is 12.7. The molecule has 2 heterocycles. The van der Waals surface area contributed by atoms with E-state index in [1.807, 2.05) is 42.2 Å². The van der Waals surface area contributed by atoms with Crippen LogP contribution < -0.4 is 0 Å². The van der Waals surface area contributed by atoms with Crippen LogP contribution in [0.2, 0.25) is 0 Å². The van der Waals surface area contributed by atoms with Crippen molar-refractivity contribution in [3.8, 4) is 0 Å². The van der Waals surface area contributed by atoms with Gasteiger partial charge in [0.25, 0.3) is 16.0 Å². The van der Waals surface area contributed by atoms with Gasteiger partial charge >= 0.3 is 0 Å². The molecule has 2 aromatic rings. The van der Waals surface area contributed by atoms with Crippen LogP contribution in [0.1, 0.15) is 41.6 Å². The van der Waals surface area contributed by atoms with E-state index in [0.29, 0.717) is 12.0 Å². The van der Waals surface area contributed by atoms with E-state index in [2.05, 4.69) is 0 Å². The lowest BCUT2D eigenvalue weighted by Gasteiger charge is -2.58. The van der Waals surface area contributed by atoms with Crippen LogP contribution in [-0.4, -0.2) is 47.1 Å². The van der Waals surface area contributed by atoms with E-state index in [0.717, 1.165) is 36.3 Å². The van der Waals surface area contributed by atoms with Gasteiger partial charge in [-0.05, 0) is 68.7 Å². The summed E-state index contributed by atoms with van der Waals surface area (Å²) in [7, 11) is -4.02. The molecule has 4 aliphatic rings. The number of aryl methyl sites for hydroxylation is 1. The van der Waals surface area contributed by atoms with E-state index in [9.17, 15) is 18.3 Å². The van der Waals surface area contributed by atoms with Crippen LogP contribution >= 0.6 is 0 Å². The number of amides is 1. The van der Waals surface area contributed by atoms with E-state index in [1.165, 1.54) is 18.6 Å². The van der Waals surface area contributed by atoms with E-state index in [4.69, 9.17) is 4.55 Å². The molecule has 160 valence electrons. The molecule has 1 amide bonds. The molecule has 2 N–H and O–H groups in total. The number of carbonyl (C=O) groups excluding carboxylic acids is 1. The van der Waals surface area contributed by atoms with Crippen LogP contribution in [-0.2, 0) is 10.1 Å². The number of carbonyl (C=O) groups is 1. The lowest BCUT2D eigenvalue weighted by molar-refractivity contribution is -0.120. The van der Waals surface area contributed by atoms with E-state index in [1.54, 1.807) is 12.1 Å². The molecule has 6 rings (SSSR count). The van der Waals surface area contributed by atoms with Crippen molar-refractivity contribution in [1.29, 1.82) is 0 Å². The van der Waals surface area contributed by atoms with Crippen molar-refractivity contribution in [3.63, 3.8) is 0 Å². The van der Waals surface area contributed by atoms with Crippen molar-refractivity contribution in [2.75, 3.05) is 0 Å². The van der Waals surface area contributed by atoms with Crippen molar-refractivity contribution >= 4 is 16.0 Å². The number of aliphatic hydroxyl groups excluding tert-OH is 1. The largest absolute Gasteiger partial charge is 0.391 e. The second kappa shape index (κ2) is 8.13. The van der Waals surface area contributed by atoms with Crippen LogP contribution in [0.5, 0.6) is 0 Å². The highest BCUT2D eigenvalue weighted by Gasteiger charge is 2.53. The molecule has 2 saturated carbocycles. The van der Waals surface area contributed by atoms with Gasteiger partial charge in [0, 0.05) is 11.6 Å². The first-order chi connectivity index (χ1) is 14.2. The molecule has 2 aliphatic heterocycles. The Balaban J connectivity index is 0.000000170. The summed E-state index contributed by atoms with van der Waals surface area (Å²) in [6, 6.07) is 15.9. The minimum Gasteiger partial charge on any atom is -0.391 e. The zero-order chi connectivity index (χ0) is 21.5. The Bertz CT molecular complexity index is 1010. The number of piperidine rings is 2. The highest BCUT2D eigenvalue weighted by molar-refractivity contribution is 7.85. The number of hydrogen-bond acceptors (Lipinski definition) is 4. The summed E-state index contributed by atoms with van der Waals surface area (Å²) < 4.78 is 29.6. The van der Waals surface area contributed by atoms with Crippen molar-refractivity contribution in [1.82, 2.24) is 4.90 Å². The number of hydrogen-bond donors (Lipinski definition) is 2. The van der Waals surface area contributed by atoms with Crippen molar-refractivity contribution in [2.45, 2.75) is 55.7 Å². The molecule has 4 fully saturated rings. The number of benzene rings is 2. The predicted molar refractivity (Wildman–Crippen MR) is 113 cm³/mol. The van der Waals surface area contributed by atoms with Crippen LogP contribution in [0, 0.1) is 18.8 Å². The Kier molecular flexibility index (Phi) is 5.70. The molecule has 7 heteroatoms. The second-order valence-corrected chi connectivity index (χ2v) is 10.1. The fourth-order valence-corrected chi connectivity index (χ4v) is 5.73. The average Bonchev–Trinajstić information content (AvgIpc) is 2.72. The van der Waals surface area contributed by atoms with Gasteiger partial charge in [0.1, 0.15) is 0 Å². The highest BCUT2D eigenvalue weighted by Crippen LogP contribution is 2.49. The van der Waals surface area contributed by atoms with Gasteiger partial charge in [-0.2, -0.15) is 8.42 Å². The number of aliphatic hydroxyl groups is 1. The molecule has 5 atom stereocenters. The lowest BCUT2D eigenvalue weighted by atomic mass is 9.62. The SMILES string of the molecule is Cc1ccc(S(=O)(=O)O)cc1.O=C(c1ccccc1)N1C2CC3CC(C2)C(O)C1C3. The molecule has 6 nitrogen and oxygen atoms in total. The van der Waals surface area contributed by atoms with Gasteiger partial charge in [-0.3, -0.25) is 9.35 Å².